The number of nitrogens with zero attached hydrogens (tertiary/aromatic N) is 1. The lowest BCUT2D eigenvalue weighted by Crippen LogP contribution is -2.42. The minimum Gasteiger partial charge on any atom is -0.495 e. The molecule has 0 atom stereocenters. The number of methoxy groups -OCH3 is 1. The summed E-state index contributed by atoms with van der Waals surface area (Å²) in [6.45, 7) is 5.54. The van der Waals surface area contributed by atoms with Crippen LogP contribution in [0.5, 0.6) is 5.75 Å². The molecule has 1 aliphatic heterocycles. The second kappa shape index (κ2) is 7.12. The summed E-state index contributed by atoms with van der Waals surface area (Å²) in [7, 11) is 1.79. The Kier molecular flexibility index (Phi) is 5.19. The molecule has 1 saturated heterocycles. The van der Waals surface area contributed by atoms with E-state index in [0.29, 0.717) is 5.92 Å². The first-order valence-electron chi connectivity index (χ1n) is 8.07. The number of nitrogens with one attached hydrogen (secondary N) is 1. The van der Waals surface area contributed by atoms with Crippen LogP contribution in [0.1, 0.15) is 42.7 Å². The van der Waals surface area contributed by atoms with Crippen molar-refractivity contribution in [3.63, 3.8) is 0 Å². The fraction of sp³-hybridized carbons (Fsp3) is 0.647. The largest absolute Gasteiger partial charge is 0.495 e. The molecule has 1 N–H and O–H groups in total. The molecule has 0 radical (unpaired) electrons. The molecule has 3 rings (SSSR count). The van der Waals surface area contributed by atoms with E-state index < -0.39 is 0 Å². The van der Waals surface area contributed by atoms with Gasteiger partial charge in [-0.1, -0.05) is 18.9 Å². The monoisotopic (exact) mass is 352 g/mol. The van der Waals surface area contributed by atoms with Crippen molar-refractivity contribution in [3.8, 4) is 5.75 Å². The van der Waals surface area contributed by atoms with Crippen LogP contribution < -0.4 is 10.1 Å². The van der Waals surface area contributed by atoms with E-state index in [1.54, 1.807) is 7.11 Å². The topological polar surface area (TPSA) is 24.5 Å². The zero-order valence-corrected chi connectivity index (χ0v) is 14.4. The van der Waals surface area contributed by atoms with Crippen molar-refractivity contribution in [1.29, 1.82) is 0 Å². The third-order valence-electron chi connectivity index (χ3n) is 4.75. The number of benzene rings is 1. The lowest BCUT2D eigenvalue weighted by atomic mass is 9.94. The molecule has 2 aliphatic rings. The number of ether oxygens (including phenoxy) is 1. The maximum Gasteiger partial charge on any atom is 0.136 e. The SMILES string of the molecule is COc1c(Br)cc(CN2CCNCC2)cc1C1CCCC1. The molecular weight excluding hydrogens is 328 g/mol. The Balaban J connectivity index is 1.83. The number of piperazine rings is 1. The smallest absolute Gasteiger partial charge is 0.136 e. The van der Waals surface area contributed by atoms with E-state index in [9.17, 15) is 0 Å². The van der Waals surface area contributed by atoms with Crippen molar-refractivity contribution in [2.45, 2.75) is 38.1 Å². The molecule has 21 heavy (non-hydrogen) atoms. The van der Waals surface area contributed by atoms with Gasteiger partial charge in [0.05, 0.1) is 11.6 Å². The maximum absolute atomic E-state index is 5.66. The van der Waals surface area contributed by atoms with Crippen LogP contribution in [0.4, 0.5) is 0 Å². The van der Waals surface area contributed by atoms with E-state index in [0.717, 1.165) is 42.9 Å². The number of halogens is 1. The zero-order valence-electron chi connectivity index (χ0n) is 12.8. The van der Waals surface area contributed by atoms with E-state index >= 15 is 0 Å². The first-order chi connectivity index (χ1) is 10.3. The zero-order chi connectivity index (χ0) is 14.7. The Morgan fingerprint density at radius 2 is 1.95 bits per heavy atom. The highest BCUT2D eigenvalue weighted by atomic mass is 79.9. The van der Waals surface area contributed by atoms with Crippen LogP contribution in [0.15, 0.2) is 16.6 Å². The number of rotatable bonds is 4. The van der Waals surface area contributed by atoms with Crippen LogP contribution in [0.2, 0.25) is 0 Å². The first kappa shape index (κ1) is 15.3. The molecule has 0 aromatic heterocycles. The van der Waals surface area contributed by atoms with Crippen LogP contribution in [-0.4, -0.2) is 38.2 Å². The molecule has 0 unspecified atom stereocenters. The summed E-state index contributed by atoms with van der Waals surface area (Å²) >= 11 is 3.71. The van der Waals surface area contributed by atoms with Gasteiger partial charge in [-0.3, -0.25) is 4.90 Å². The Morgan fingerprint density at radius 3 is 2.62 bits per heavy atom. The van der Waals surface area contributed by atoms with E-state index in [2.05, 4.69) is 38.3 Å². The fourth-order valence-corrected chi connectivity index (χ4v) is 4.33. The second-order valence-corrected chi connectivity index (χ2v) is 7.06. The van der Waals surface area contributed by atoms with E-state index in [1.165, 1.54) is 36.8 Å². The molecule has 0 bridgehead atoms. The van der Waals surface area contributed by atoms with Crippen molar-refractivity contribution >= 4 is 15.9 Å². The van der Waals surface area contributed by atoms with Gasteiger partial charge in [0.15, 0.2) is 0 Å². The van der Waals surface area contributed by atoms with Crippen LogP contribution >= 0.6 is 15.9 Å². The highest BCUT2D eigenvalue weighted by molar-refractivity contribution is 9.10. The molecule has 1 heterocycles. The van der Waals surface area contributed by atoms with Gasteiger partial charge in [-0.05, 0) is 51.9 Å². The van der Waals surface area contributed by atoms with Crippen molar-refractivity contribution in [3.05, 3.63) is 27.7 Å². The highest BCUT2D eigenvalue weighted by Gasteiger charge is 2.23. The number of hydrogen-bond donors (Lipinski definition) is 1. The molecule has 4 heteroatoms. The minimum atomic E-state index is 0.680. The predicted molar refractivity (Wildman–Crippen MR) is 90.0 cm³/mol. The van der Waals surface area contributed by atoms with E-state index in [4.69, 9.17) is 4.74 Å². The summed E-state index contributed by atoms with van der Waals surface area (Å²) < 4.78 is 6.77. The normalized spacial score (nSPS) is 20.9. The first-order valence-corrected chi connectivity index (χ1v) is 8.86. The van der Waals surface area contributed by atoms with Gasteiger partial charge in [0.1, 0.15) is 5.75 Å². The molecule has 1 aliphatic carbocycles. The Bertz CT molecular complexity index is 480. The van der Waals surface area contributed by atoms with Crippen molar-refractivity contribution in [1.82, 2.24) is 10.2 Å². The van der Waals surface area contributed by atoms with Crippen LogP contribution in [-0.2, 0) is 6.54 Å². The van der Waals surface area contributed by atoms with Crippen molar-refractivity contribution in [2.75, 3.05) is 33.3 Å². The Labute approximate surface area is 136 Å². The lowest BCUT2D eigenvalue weighted by Gasteiger charge is -2.28. The van der Waals surface area contributed by atoms with Crippen LogP contribution in [0.3, 0.4) is 0 Å². The third kappa shape index (κ3) is 3.61. The molecule has 116 valence electrons. The van der Waals surface area contributed by atoms with Gasteiger partial charge in [0.25, 0.3) is 0 Å². The Hall–Kier alpha value is -0.580. The van der Waals surface area contributed by atoms with Gasteiger partial charge >= 0.3 is 0 Å². The summed E-state index contributed by atoms with van der Waals surface area (Å²) in [5, 5.41) is 3.42. The Morgan fingerprint density at radius 1 is 1.24 bits per heavy atom. The van der Waals surface area contributed by atoms with Crippen molar-refractivity contribution < 1.29 is 4.74 Å². The summed E-state index contributed by atoms with van der Waals surface area (Å²) in [5.41, 5.74) is 2.82. The molecule has 1 aromatic rings. The molecule has 1 saturated carbocycles. The summed E-state index contributed by atoms with van der Waals surface area (Å²) in [6.07, 6.45) is 5.32. The van der Waals surface area contributed by atoms with E-state index in [-0.39, 0.29) is 0 Å². The predicted octanol–water partition coefficient (Wildman–Crippen LogP) is 3.52. The molecule has 0 spiro atoms. The molecular formula is C17H25BrN2O. The number of hydrogen-bond acceptors (Lipinski definition) is 3. The molecule has 3 nitrogen and oxygen atoms in total. The van der Waals surface area contributed by atoms with Gasteiger partial charge in [0.2, 0.25) is 0 Å². The maximum atomic E-state index is 5.66. The average molecular weight is 353 g/mol. The van der Waals surface area contributed by atoms with Crippen LogP contribution in [0, 0.1) is 0 Å². The average Bonchev–Trinajstić information content (AvgIpc) is 3.02. The van der Waals surface area contributed by atoms with Crippen LogP contribution in [0.25, 0.3) is 0 Å². The quantitative estimate of drug-likeness (QED) is 0.896. The fourth-order valence-electron chi connectivity index (χ4n) is 3.65. The lowest BCUT2D eigenvalue weighted by molar-refractivity contribution is 0.233. The van der Waals surface area contributed by atoms with E-state index in [1.807, 2.05) is 0 Å². The third-order valence-corrected chi connectivity index (χ3v) is 5.34. The van der Waals surface area contributed by atoms with Gasteiger partial charge in [0, 0.05) is 32.7 Å². The standard InChI is InChI=1S/C17H25BrN2O/c1-21-17-15(14-4-2-3-5-14)10-13(11-16(17)18)12-20-8-6-19-7-9-20/h10-11,14,19H,2-9,12H2,1H3. The van der Waals surface area contributed by atoms with Gasteiger partial charge in [-0.2, -0.15) is 0 Å². The molecule has 1 aromatic carbocycles. The molecule has 2 fully saturated rings. The molecule has 0 amide bonds. The van der Waals surface area contributed by atoms with Gasteiger partial charge in [-0.15, -0.1) is 0 Å². The van der Waals surface area contributed by atoms with Crippen molar-refractivity contribution in [2.24, 2.45) is 0 Å². The summed E-state index contributed by atoms with van der Waals surface area (Å²) in [4.78, 5) is 2.53. The highest BCUT2D eigenvalue weighted by Crippen LogP contribution is 2.42. The van der Waals surface area contributed by atoms with Gasteiger partial charge in [-0.25, -0.2) is 0 Å². The summed E-state index contributed by atoms with van der Waals surface area (Å²) in [5.74, 6) is 1.73. The van der Waals surface area contributed by atoms with Gasteiger partial charge < -0.3 is 10.1 Å². The second-order valence-electron chi connectivity index (χ2n) is 6.21. The summed E-state index contributed by atoms with van der Waals surface area (Å²) in [6, 6.07) is 4.63. The minimum absolute atomic E-state index is 0.680.